The summed E-state index contributed by atoms with van der Waals surface area (Å²) in [6.07, 6.45) is 7.59. The van der Waals surface area contributed by atoms with E-state index < -0.39 is 5.91 Å². The number of likely N-dealkylation sites (tertiary alicyclic amines) is 1. The molecule has 1 amide bonds. The second-order valence-electron chi connectivity index (χ2n) is 6.39. The number of allylic oxidation sites excluding steroid dienone is 1. The molecule has 0 aromatic heterocycles. The summed E-state index contributed by atoms with van der Waals surface area (Å²) in [7, 11) is 0. The van der Waals surface area contributed by atoms with Gasteiger partial charge in [0, 0.05) is 19.6 Å². The summed E-state index contributed by atoms with van der Waals surface area (Å²) in [6.45, 7) is 6.96. The molecule has 3 N–H and O–H groups in total. The molecule has 1 aliphatic heterocycles. The van der Waals surface area contributed by atoms with Crippen molar-refractivity contribution in [3.8, 4) is 0 Å². The lowest BCUT2D eigenvalue weighted by atomic mass is 10.0. The summed E-state index contributed by atoms with van der Waals surface area (Å²) in [6, 6.07) is 10.5. The van der Waals surface area contributed by atoms with Crippen LogP contribution in [0.25, 0.3) is 6.08 Å². The van der Waals surface area contributed by atoms with Crippen LogP contribution < -0.4 is 11.1 Å². The van der Waals surface area contributed by atoms with E-state index >= 15 is 0 Å². The van der Waals surface area contributed by atoms with Crippen LogP contribution in [-0.2, 0) is 4.79 Å². The van der Waals surface area contributed by atoms with Gasteiger partial charge >= 0.3 is 0 Å². The number of hydrogen-bond acceptors (Lipinski definition) is 3. The van der Waals surface area contributed by atoms with Crippen molar-refractivity contribution in [3.05, 3.63) is 53.7 Å². The van der Waals surface area contributed by atoms with Crippen molar-refractivity contribution in [1.29, 1.82) is 0 Å². The highest BCUT2D eigenvalue weighted by Crippen LogP contribution is 2.16. The van der Waals surface area contributed by atoms with E-state index in [1.165, 1.54) is 11.1 Å². The van der Waals surface area contributed by atoms with Gasteiger partial charge in [-0.25, -0.2) is 0 Å². The molecule has 1 aliphatic rings. The summed E-state index contributed by atoms with van der Waals surface area (Å²) in [4.78, 5) is 18.4. The standard InChI is InChI=1S/C20H28N4O/c1-3-11-22-20(19(21)25)23-18-9-12-24(13-10-18)15-16(2)14-17-7-5-4-6-8-17/h3-8,11,14,18H,9-10,12-13,15H2,1-2H3,(H2,21,25)(H,22,23)/b11-3-,16-14+. The van der Waals surface area contributed by atoms with E-state index in [1.54, 1.807) is 6.20 Å². The highest BCUT2D eigenvalue weighted by molar-refractivity contribution is 6.37. The fraction of sp³-hybridized carbons (Fsp3) is 0.400. The van der Waals surface area contributed by atoms with E-state index in [0.717, 1.165) is 32.5 Å². The number of rotatable bonds is 5. The second-order valence-corrected chi connectivity index (χ2v) is 6.39. The number of nitrogens with zero attached hydrogens (tertiary/aromatic N) is 2. The number of piperidine rings is 1. The fourth-order valence-electron chi connectivity index (χ4n) is 2.96. The van der Waals surface area contributed by atoms with Gasteiger partial charge < -0.3 is 11.1 Å². The predicted molar refractivity (Wildman–Crippen MR) is 104 cm³/mol. The van der Waals surface area contributed by atoms with E-state index in [0.29, 0.717) is 0 Å². The topological polar surface area (TPSA) is 70.7 Å². The van der Waals surface area contributed by atoms with Gasteiger partial charge in [0.15, 0.2) is 5.84 Å². The predicted octanol–water partition coefficient (Wildman–Crippen LogP) is 2.56. The van der Waals surface area contributed by atoms with Crippen molar-refractivity contribution in [1.82, 2.24) is 10.2 Å². The smallest absolute Gasteiger partial charge is 0.284 e. The number of amidine groups is 1. The first kappa shape index (κ1) is 18.9. The van der Waals surface area contributed by atoms with Gasteiger partial charge in [-0.2, -0.15) is 0 Å². The molecule has 25 heavy (non-hydrogen) atoms. The molecule has 0 atom stereocenters. The largest absolute Gasteiger partial charge is 0.363 e. The first-order chi connectivity index (χ1) is 12.1. The van der Waals surface area contributed by atoms with Gasteiger partial charge in [0.25, 0.3) is 5.91 Å². The van der Waals surface area contributed by atoms with Crippen molar-refractivity contribution < 1.29 is 4.79 Å². The minimum absolute atomic E-state index is 0.148. The van der Waals surface area contributed by atoms with Crippen LogP contribution in [0.2, 0.25) is 0 Å². The van der Waals surface area contributed by atoms with Gasteiger partial charge in [0.2, 0.25) is 0 Å². The molecule has 5 heteroatoms. The Morgan fingerprint density at radius 2 is 2.00 bits per heavy atom. The molecule has 1 aromatic carbocycles. The van der Waals surface area contributed by atoms with Crippen molar-refractivity contribution in [3.63, 3.8) is 0 Å². The zero-order chi connectivity index (χ0) is 18.1. The number of amides is 1. The van der Waals surface area contributed by atoms with Crippen LogP contribution in [0.3, 0.4) is 0 Å². The SMILES string of the molecule is C/C=C\NC(=NC1CCN(C/C(C)=C/c2ccccc2)CC1)C(N)=O. The van der Waals surface area contributed by atoms with Gasteiger partial charge in [-0.3, -0.25) is 14.7 Å². The molecule has 0 saturated carbocycles. The van der Waals surface area contributed by atoms with Gasteiger partial charge in [-0.1, -0.05) is 48.1 Å². The zero-order valence-electron chi connectivity index (χ0n) is 15.1. The van der Waals surface area contributed by atoms with Crippen LogP contribution in [0.1, 0.15) is 32.3 Å². The minimum atomic E-state index is -0.512. The van der Waals surface area contributed by atoms with Crippen molar-refractivity contribution in [2.24, 2.45) is 10.7 Å². The Bertz CT molecular complexity index is 641. The molecular weight excluding hydrogens is 312 g/mol. The summed E-state index contributed by atoms with van der Waals surface area (Å²) < 4.78 is 0. The lowest BCUT2D eigenvalue weighted by Gasteiger charge is -2.30. The maximum Gasteiger partial charge on any atom is 0.284 e. The number of nitrogens with two attached hydrogens (primary N) is 1. The quantitative estimate of drug-likeness (QED) is 0.639. The van der Waals surface area contributed by atoms with Crippen LogP contribution in [-0.4, -0.2) is 42.3 Å². The monoisotopic (exact) mass is 340 g/mol. The molecule has 1 heterocycles. The minimum Gasteiger partial charge on any atom is -0.363 e. The molecule has 1 aromatic rings. The first-order valence-electron chi connectivity index (χ1n) is 8.78. The van der Waals surface area contributed by atoms with Crippen LogP contribution in [0.15, 0.2) is 53.2 Å². The van der Waals surface area contributed by atoms with E-state index in [1.807, 2.05) is 19.1 Å². The summed E-state index contributed by atoms with van der Waals surface area (Å²) in [5, 5.41) is 2.86. The number of aliphatic imine (C=N–C) groups is 1. The third-order valence-corrected chi connectivity index (χ3v) is 4.17. The Morgan fingerprint density at radius 1 is 1.32 bits per heavy atom. The second kappa shape index (κ2) is 9.79. The maximum absolute atomic E-state index is 11.4. The van der Waals surface area contributed by atoms with Gasteiger partial charge in [0.1, 0.15) is 0 Å². The van der Waals surface area contributed by atoms with Crippen LogP contribution in [0, 0.1) is 0 Å². The van der Waals surface area contributed by atoms with Gasteiger partial charge in [-0.05, 0) is 38.5 Å². The van der Waals surface area contributed by atoms with Crippen LogP contribution in [0.4, 0.5) is 0 Å². The normalized spacial score (nSPS) is 17.8. The fourth-order valence-corrected chi connectivity index (χ4v) is 2.96. The Hall–Kier alpha value is -2.40. The van der Waals surface area contributed by atoms with Crippen LogP contribution in [0.5, 0.6) is 0 Å². The number of hydrogen-bond donors (Lipinski definition) is 2. The number of carbonyl (C=O) groups is 1. The summed E-state index contributed by atoms with van der Waals surface area (Å²) in [5.41, 5.74) is 7.96. The average molecular weight is 340 g/mol. The van der Waals surface area contributed by atoms with E-state index in [2.05, 4.69) is 52.5 Å². The van der Waals surface area contributed by atoms with Crippen LogP contribution >= 0.6 is 0 Å². The molecule has 0 radical (unpaired) electrons. The molecule has 0 spiro atoms. The average Bonchev–Trinajstić information content (AvgIpc) is 2.60. The number of benzene rings is 1. The van der Waals surface area contributed by atoms with Gasteiger partial charge in [-0.15, -0.1) is 0 Å². The Kier molecular flexibility index (Phi) is 7.41. The van der Waals surface area contributed by atoms with Gasteiger partial charge in [0.05, 0.1) is 6.04 Å². The molecule has 1 saturated heterocycles. The molecule has 0 unspecified atom stereocenters. The molecule has 0 aliphatic carbocycles. The third-order valence-electron chi connectivity index (χ3n) is 4.17. The maximum atomic E-state index is 11.4. The molecule has 134 valence electrons. The Morgan fingerprint density at radius 3 is 2.60 bits per heavy atom. The number of carbonyl (C=O) groups excluding carboxylic acids is 1. The lowest BCUT2D eigenvalue weighted by molar-refractivity contribution is -0.112. The highest BCUT2D eigenvalue weighted by atomic mass is 16.1. The molecule has 2 rings (SSSR count). The summed E-state index contributed by atoms with van der Waals surface area (Å²) in [5.74, 6) is -0.265. The number of primary amides is 1. The molecule has 1 fully saturated rings. The molecular formula is C20H28N4O. The van der Waals surface area contributed by atoms with E-state index in [9.17, 15) is 4.79 Å². The van der Waals surface area contributed by atoms with Crippen molar-refractivity contribution >= 4 is 17.8 Å². The van der Waals surface area contributed by atoms with Crippen molar-refractivity contribution in [2.45, 2.75) is 32.7 Å². The van der Waals surface area contributed by atoms with E-state index in [-0.39, 0.29) is 11.9 Å². The summed E-state index contributed by atoms with van der Waals surface area (Å²) >= 11 is 0. The van der Waals surface area contributed by atoms with Crippen molar-refractivity contribution in [2.75, 3.05) is 19.6 Å². The highest BCUT2D eigenvalue weighted by Gasteiger charge is 2.20. The lowest BCUT2D eigenvalue weighted by Crippen LogP contribution is -2.39. The molecule has 0 bridgehead atoms. The molecule has 5 nitrogen and oxygen atoms in total. The number of nitrogens with one attached hydrogen (secondary N) is 1. The third kappa shape index (κ3) is 6.55. The first-order valence-corrected chi connectivity index (χ1v) is 8.78. The van der Waals surface area contributed by atoms with E-state index in [4.69, 9.17) is 5.73 Å². The zero-order valence-corrected chi connectivity index (χ0v) is 15.1. The Labute approximate surface area is 150 Å². The Balaban J connectivity index is 1.86.